The molecule has 0 amide bonds. The number of fused-ring (bicyclic) bond motifs is 2. The third-order valence-corrected chi connectivity index (χ3v) is 6.57. The zero-order chi connectivity index (χ0) is 20.5. The number of aliphatic hydroxyl groups is 1. The van der Waals surface area contributed by atoms with Crippen LogP contribution in [0.2, 0.25) is 0 Å². The maximum Gasteiger partial charge on any atom is 0.303 e. The minimum Gasteiger partial charge on any atom is -0.457 e. The molecule has 3 aliphatic rings. The van der Waals surface area contributed by atoms with Crippen LogP contribution in [0, 0.1) is 11.8 Å². The fraction of sp³-hybridized carbons (Fsp3) is 0.950. The first kappa shape index (κ1) is 21.9. The summed E-state index contributed by atoms with van der Waals surface area (Å²) < 4.78 is 29.0. The molecule has 0 bridgehead atoms. The summed E-state index contributed by atoms with van der Waals surface area (Å²) in [4.78, 5) is 11.4. The minimum atomic E-state index is -1.19. The maximum atomic E-state index is 11.4. The molecule has 0 aromatic rings. The van der Waals surface area contributed by atoms with Gasteiger partial charge in [-0.15, -0.1) is 0 Å². The van der Waals surface area contributed by atoms with E-state index in [1.165, 1.54) is 6.92 Å². The molecule has 8 atom stereocenters. The highest BCUT2D eigenvalue weighted by molar-refractivity contribution is 5.66. The molecule has 162 valence electrons. The summed E-state index contributed by atoms with van der Waals surface area (Å²) in [5.41, 5.74) is -1.19. The number of methoxy groups -OCH3 is 2. The van der Waals surface area contributed by atoms with Crippen LogP contribution in [0.15, 0.2) is 0 Å². The summed E-state index contributed by atoms with van der Waals surface area (Å²) in [5.74, 6) is 0.311. The SMILES string of the molecule is COC1CC2[NH2+]C3OCCC3C(OC)C2CC1OCC(OC(C)=O)C(C)(C)O. The molecule has 8 heteroatoms. The van der Waals surface area contributed by atoms with Gasteiger partial charge < -0.3 is 34.1 Å². The lowest BCUT2D eigenvalue weighted by molar-refractivity contribution is -0.778. The molecule has 3 N–H and O–H groups in total. The molecule has 8 unspecified atom stereocenters. The molecule has 0 aromatic heterocycles. The van der Waals surface area contributed by atoms with Gasteiger partial charge in [0, 0.05) is 33.5 Å². The van der Waals surface area contributed by atoms with Gasteiger partial charge in [0.2, 0.25) is 0 Å². The van der Waals surface area contributed by atoms with Crippen molar-refractivity contribution in [3.8, 4) is 0 Å². The van der Waals surface area contributed by atoms with Crippen LogP contribution in [0.25, 0.3) is 0 Å². The maximum absolute atomic E-state index is 11.4. The first-order chi connectivity index (χ1) is 13.2. The van der Waals surface area contributed by atoms with Crippen LogP contribution in [-0.2, 0) is 28.5 Å². The smallest absolute Gasteiger partial charge is 0.303 e. The lowest BCUT2D eigenvalue weighted by Gasteiger charge is -2.47. The van der Waals surface area contributed by atoms with Crippen molar-refractivity contribution in [2.24, 2.45) is 11.8 Å². The van der Waals surface area contributed by atoms with Crippen LogP contribution < -0.4 is 5.32 Å². The van der Waals surface area contributed by atoms with Gasteiger partial charge in [0.1, 0.15) is 0 Å². The van der Waals surface area contributed by atoms with Crippen molar-refractivity contribution in [2.45, 2.75) is 82.3 Å². The number of rotatable bonds is 7. The van der Waals surface area contributed by atoms with Gasteiger partial charge in [0.05, 0.1) is 49.1 Å². The van der Waals surface area contributed by atoms with Crippen LogP contribution in [0.5, 0.6) is 0 Å². The molecule has 3 fully saturated rings. The van der Waals surface area contributed by atoms with E-state index in [9.17, 15) is 9.90 Å². The molecule has 1 aliphatic carbocycles. The summed E-state index contributed by atoms with van der Waals surface area (Å²) in [6, 6.07) is 0.368. The number of hydrogen-bond donors (Lipinski definition) is 2. The molecule has 2 aliphatic heterocycles. The van der Waals surface area contributed by atoms with Crippen molar-refractivity contribution in [3.05, 3.63) is 0 Å². The number of carbonyl (C=O) groups excluding carboxylic acids is 1. The topological polar surface area (TPSA) is 100 Å². The van der Waals surface area contributed by atoms with Crippen LogP contribution in [0.1, 0.15) is 40.0 Å². The van der Waals surface area contributed by atoms with E-state index in [1.54, 1.807) is 28.1 Å². The van der Waals surface area contributed by atoms with Gasteiger partial charge in [-0.2, -0.15) is 0 Å². The summed E-state index contributed by atoms with van der Waals surface area (Å²) in [6.07, 6.45) is 2.05. The molecular weight excluding hydrogens is 366 g/mol. The number of ether oxygens (including phenoxy) is 5. The second-order valence-electron chi connectivity index (χ2n) is 8.88. The quantitative estimate of drug-likeness (QED) is 0.570. The zero-order valence-corrected chi connectivity index (χ0v) is 17.6. The van der Waals surface area contributed by atoms with Gasteiger partial charge in [0.15, 0.2) is 12.3 Å². The normalized spacial score (nSPS) is 39.1. The number of esters is 1. The number of nitrogens with two attached hydrogens (primary N) is 1. The molecule has 2 saturated heterocycles. The second-order valence-corrected chi connectivity index (χ2v) is 8.88. The Morgan fingerprint density at radius 1 is 1.21 bits per heavy atom. The highest BCUT2D eigenvalue weighted by Crippen LogP contribution is 2.39. The van der Waals surface area contributed by atoms with Gasteiger partial charge in [0.25, 0.3) is 0 Å². The van der Waals surface area contributed by atoms with Crippen molar-refractivity contribution < 1.29 is 38.9 Å². The van der Waals surface area contributed by atoms with E-state index in [-0.39, 0.29) is 31.1 Å². The number of hydrogen-bond acceptors (Lipinski definition) is 7. The lowest BCUT2D eigenvalue weighted by atomic mass is 9.71. The van der Waals surface area contributed by atoms with E-state index < -0.39 is 17.7 Å². The van der Waals surface area contributed by atoms with E-state index >= 15 is 0 Å². The van der Waals surface area contributed by atoms with Crippen molar-refractivity contribution in [1.29, 1.82) is 0 Å². The number of carbonyl (C=O) groups is 1. The largest absolute Gasteiger partial charge is 0.457 e. The standard InChI is InChI=1S/C20H35NO7/c1-11(22)28-17(20(2,3)23)10-27-16-8-13-14(9-15(16)24-4)21-19-12(6-7-26-19)18(13)25-5/h12-19,21,23H,6-10H2,1-5H3/p+1. The average molecular weight is 403 g/mol. The minimum absolute atomic E-state index is 0.0623. The molecule has 0 aromatic carbocycles. The summed E-state index contributed by atoms with van der Waals surface area (Å²) in [7, 11) is 3.48. The molecule has 2 heterocycles. The Morgan fingerprint density at radius 3 is 2.57 bits per heavy atom. The molecule has 28 heavy (non-hydrogen) atoms. The van der Waals surface area contributed by atoms with Crippen LogP contribution in [-0.4, -0.2) is 80.8 Å². The molecule has 0 spiro atoms. The number of quaternary nitrogens is 1. The van der Waals surface area contributed by atoms with Crippen molar-refractivity contribution >= 4 is 5.97 Å². The Balaban J connectivity index is 1.68. The Bertz CT molecular complexity index is 537. The molecule has 3 rings (SSSR count). The van der Waals surface area contributed by atoms with Crippen LogP contribution in [0.3, 0.4) is 0 Å². The molecular formula is C20H36NO7+. The Hall–Kier alpha value is -0.770. The monoisotopic (exact) mass is 402 g/mol. The third-order valence-electron chi connectivity index (χ3n) is 6.57. The summed E-state index contributed by atoms with van der Waals surface area (Å²) >= 11 is 0. The van der Waals surface area contributed by atoms with Gasteiger partial charge in [-0.3, -0.25) is 4.79 Å². The van der Waals surface area contributed by atoms with E-state index in [0.717, 1.165) is 25.9 Å². The zero-order valence-electron chi connectivity index (χ0n) is 17.6. The fourth-order valence-corrected chi connectivity index (χ4v) is 5.09. The average Bonchev–Trinajstić information content (AvgIpc) is 3.09. The van der Waals surface area contributed by atoms with Crippen LogP contribution in [0.4, 0.5) is 0 Å². The van der Waals surface area contributed by atoms with Crippen molar-refractivity contribution in [1.82, 2.24) is 0 Å². The molecule has 0 radical (unpaired) electrons. The van der Waals surface area contributed by atoms with Gasteiger partial charge in [-0.25, -0.2) is 0 Å². The molecule has 1 saturated carbocycles. The van der Waals surface area contributed by atoms with Gasteiger partial charge >= 0.3 is 5.97 Å². The summed E-state index contributed by atoms with van der Waals surface area (Å²) in [6.45, 7) is 5.48. The summed E-state index contributed by atoms with van der Waals surface area (Å²) in [5, 5.41) is 12.7. The lowest BCUT2D eigenvalue weighted by Crippen LogP contribution is -3.01. The first-order valence-electron chi connectivity index (χ1n) is 10.3. The van der Waals surface area contributed by atoms with E-state index in [2.05, 4.69) is 5.32 Å². The van der Waals surface area contributed by atoms with E-state index in [1.807, 2.05) is 0 Å². The van der Waals surface area contributed by atoms with Crippen LogP contribution >= 0.6 is 0 Å². The second kappa shape index (κ2) is 8.93. The van der Waals surface area contributed by atoms with Gasteiger partial charge in [-0.05, 0) is 26.7 Å². The van der Waals surface area contributed by atoms with Crippen molar-refractivity contribution in [3.63, 3.8) is 0 Å². The molecule has 8 nitrogen and oxygen atoms in total. The first-order valence-corrected chi connectivity index (χ1v) is 10.3. The predicted octanol–water partition coefficient (Wildman–Crippen LogP) is -0.178. The van der Waals surface area contributed by atoms with E-state index in [4.69, 9.17) is 23.7 Å². The third kappa shape index (κ3) is 4.68. The van der Waals surface area contributed by atoms with E-state index in [0.29, 0.717) is 17.9 Å². The van der Waals surface area contributed by atoms with Gasteiger partial charge in [-0.1, -0.05) is 0 Å². The fourth-order valence-electron chi connectivity index (χ4n) is 5.09. The Labute approximate surface area is 167 Å². The Morgan fingerprint density at radius 2 is 1.96 bits per heavy atom. The van der Waals surface area contributed by atoms with Crippen molar-refractivity contribution in [2.75, 3.05) is 27.4 Å². The number of piperidine rings is 1. The Kier molecular flexibility index (Phi) is 7.00. The predicted molar refractivity (Wildman–Crippen MR) is 99.5 cm³/mol. The highest BCUT2D eigenvalue weighted by Gasteiger charge is 2.54. The highest BCUT2D eigenvalue weighted by atomic mass is 16.6.